The van der Waals surface area contributed by atoms with Crippen molar-refractivity contribution in [3.05, 3.63) is 193 Å². The molecule has 0 fully saturated rings. The first-order valence-electron chi connectivity index (χ1n) is 16.6. The molecular formula is C44H32N8. The summed E-state index contributed by atoms with van der Waals surface area (Å²) in [5.41, 5.74) is 7.74. The Balaban J connectivity index is 0.000000162. The smallest absolute Gasteiger partial charge is 0.0709 e. The summed E-state index contributed by atoms with van der Waals surface area (Å²) in [6.07, 6.45) is 21.5. The van der Waals surface area contributed by atoms with Crippen LogP contribution in [0.2, 0.25) is 0 Å². The second kappa shape index (κ2) is 16.9. The molecule has 8 aromatic rings. The number of rotatable bonds is 8. The zero-order valence-electron chi connectivity index (χ0n) is 28.1. The maximum Gasteiger partial charge on any atom is 0.0709 e. The van der Waals surface area contributed by atoms with Crippen LogP contribution in [0, 0.1) is 0 Å². The lowest BCUT2D eigenvalue weighted by Gasteiger charge is -2.05. The van der Waals surface area contributed by atoms with Gasteiger partial charge in [-0.3, -0.25) is 39.9 Å². The minimum atomic E-state index is 0.917. The van der Waals surface area contributed by atoms with E-state index in [0.29, 0.717) is 0 Å². The molecular weight excluding hydrogens is 641 g/mol. The second-order valence-corrected chi connectivity index (χ2v) is 11.5. The predicted molar refractivity (Wildman–Crippen MR) is 214 cm³/mol. The number of aliphatic imine (C=N–C) groups is 4. The van der Waals surface area contributed by atoms with Crippen molar-refractivity contribution < 1.29 is 0 Å². The molecule has 0 amide bonds. The average Bonchev–Trinajstić information content (AvgIpc) is 3.22. The third-order valence-electron chi connectivity index (χ3n) is 7.99. The van der Waals surface area contributed by atoms with Gasteiger partial charge in [-0.1, -0.05) is 48.5 Å². The lowest BCUT2D eigenvalue weighted by Crippen LogP contribution is -1.82. The Kier molecular flexibility index (Phi) is 10.8. The largest absolute Gasteiger partial charge is 0.265 e. The van der Waals surface area contributed by atoms with Gasteiger partial charge < -0.3 is 0 Å². The summed E-state index contributed by atoms with van der Waals surface area (Å²) in [6, 6.07) is 39.8. The molecule has 8 heteroatoms. The molecule has 4 aromatic heterocycles. The fourth-order valence-electron chi connectivity index (χ4n) is 5.38. The summed E-state index contributed by atoms with van der Waals surface area (Å²) in [4.78, 5) is 34.7. The van der Waals surface area contributed by atoms with Gasteiger partial charge in [-0.25, -0.2) is 0 Å². The Morgan fingerprint density at radius 1 is 0.269 bits per heavy atom. The van der Waals surface area contributed by atoms with E-state index in [2.05, 4.69) is 64.2 Å². The van der Waals surface area contributed by atoms with Crippen molar-refractivity contribution >= 4 is 69.2 Å². The van der Waals surface area contributed by atoms with E-state index in [1.807, 2.05) is 122 Å². The van der Waals surface area contributed by atoms with Gasteiger partial charge in [0.15, 0.2) is 0 Å². The van der Waals surface area contributed by atoms with Crippen LogP contribution in [0.15, 0.2) is 191 Å². The van der Waals surface area contributed by atoms with Crippen molar-refractivity contribution in [2.45, 2.75) is 0 Å². The Hall–Kier alpha value is -7.32. The molecule has 0 spiro atoms. The third-order valence-corrected chi connectivity index (χ3v) is 7.99. The highest BCUT2D eigenvalue weighted by atomic mass is 14.8. The molecule has 0 aliphatic heterocycles. The van der Waals surface area contributed by atoms with Crippen LogP contribution in [-0.4, -0.2) is 44.8 Å². The normalized spacial score (nSPS) is 11.5. The Labute approximate surface area is 301 Å². The predicted octanol–water partition coefficient (Wildman–Crippen LogP) is 10.3. The number of benzene rings is 4. The molecule has 0 N–H and O–H groups in total. The quantitative estimate of drug-likeness (QED) is 0.150. The number of aromatic nitrogens is 4. The Morgan fingerprint density at radius 3 is 0.692 bits per heavy atom. The van der Waals surface area contributed by atoms with Gasteiger partial charge in [-0.15, -0.1) is 0 Å². The molecule has 0 aliphatic rings. The van der Waals surface area contributed by atoms with Crippen LogP contribution >= 0.6 is 0 Å². The average molecular weight is 673 g/mol. The Morgan fingerprint density at radius 2 is 0.481 bits per heavy atom. The summed E-state index contributed by atoms with van der Waals surface area (Å²) in [5, 5.41) is 4.29. The SMILES string of the molecule is C(=Nc1cccc2c(N=Cc3ccncc3)cccc12)c1ccncc1.C(=Nc1cccc2c(N=Cc3ccncc3)cccc12)c1ccncc1. The topological polar surface area (TPSA) is 101 Å². The van der Waals surface area contributed by atoms with E-state index in [0.717, 1.165) is 66.5 Å². The van der Waals surface area contributed by atoms with Crippen LogP contribution in [0.4, 0.5) is 22.7 Å². The highest BCUT2D eigenvalue weighted by molar-refractivity contribution is 6.03. The molecule has 52 heavy (non-hydrogen) atoms. The highest BCUT2D eigenvalue weighted by Gasteiger charge is 2.05. The van der Waals surface area contributed by atoms with Crippen molar-refractivity contribution in [1.82, 2.24) is 19.9 Å². The summed E-state index contributed by atoms with van der Waals surface area (Å²) in [5.74, 6) is 0. The maximum absolute atomic E-state index is 4.65. The first-order chi connectivity index (χ1) is 25.8. The lowest BCUT2D eigenvalue weighted by molar-refractivity contribution is 1.32. The van der Waals surface area contributed by atoms with E-state index in [9.17, 15) is 0 Å². The van der Waals surface area contributed by atoms with Crippen LogP contribution in [0.3, 0.4) is 0 Å². The molecule has 0 radical (unpaired) electrons. The van der Waals surface area contributed by atoms with E-state index in [-0.39, 0.29) is 0 Å². The molecule has 0 bridgehead atoms. The van der Waals surface area contributed by atoms with E-state index < -0.39 is 0 Å². The molecule has 4 heterocycles. The third kappa shape index (κ3) is 8.63. The van der Waals surface area contributed by atoms with Gasteiger partial charge >= 0.3 is 0 Å². The minimum Gasteiger partial charge on any atom is -0.265 e. The fraction of sp³-hybridized carbons (Fsp3) is 0. The van der Waals surface area contributed by atoms with Crippen LogP contribution in [0.5, 0.6) is 0 Å². The van der Waals surface area contributed by atoms with Crippen molar-refractivity contribution in [3.8, 4) is 0 Å². The molecule has 0 saturated heterocycles. The highest BCUT2D eigenvalue weighted by Crippen LogP contribution is 2.33. The van der Waals surface area contributed by atoms with E-state index in [1.54, 1.807) is 49.6 Å². The zero-order valence-corrected chi connectivity index (χ0v) is 28.1. The van der Waals surface area contributed by atoms with Gasteiger partial charge in [0.2, 0.25) is 0 Å². The van der Waals surface area contributed by atoms with Crippen molar-refractivity contribution in [1.29, 1.82) is 0 Å². The van der Waals surface area contributed by atoms with Gasteiger partial charge in [0, 0.05) is 96.0 Å². The van der Waals surface area contributed by atoms with Gasteiger partial charge in [-0.05, 0) is 95.1 Å². The molecule has 0 unspecified atom stereocenters. The number of fused-ring (bicyclic) bond motifs is 2. The minimum absolute atomic E-state index is 0.917. The lowest BCUT2D eigenvalue weighted by atomic mass is 10.1. The first kappa shape index (κ1) is 33.2. The molecule has 0 aliphatic carbocycles. The summed E-state index contributed by atoms with van der Waals surface area (Å²) >= 11 is 0. The van der Waals surface area contributed by atoms with Crippen molar-refractivity contribution in [2.75, 3.05) is 0 Å². The van der Waals surface area contributed by atoms with E-state index in [1.165, 1.54) is 0 Å². The van der Waals surface area contributed by atoms with Crippen molar-refractivity contribution in [3.63, 3.8) is 0 Å². The summed E-state index contributed by atoms with van der Waals surface area (Å²) in [7, 11) is 0. The van der Waals surface area contributed by atoms with Crippen LogP contribution in [-0.2, 0) is 0 Å². The monoisotopic (exact) mass is 672 g/mol. The van der Waals surface area contributed by atoms with Crippen LogP contribution < -0.4 is 0 Å². The molecule has 4 aromatic carbocycles. The number of hydrogen-bond acceptors (Lipinski definition) is 8. The second-order valence-electron chi connectivity index (χ2n) is 11.5. The van der Waals surface area contributed by atoms with Gasteiger partial charge in [0.1, 0.15) is 0 Å². The van der Waals surface area contributed by atoms with Gasteiger partial charge in [-0.2, -0.15) is 0 Å². The molecule has 8 rings (SSSR count). The van der Waals surface area contributed by atoms with Crippen molar-refractivity contribution in [2.24, 2.45) is 20.0 Å². The van der Waals surface area contributed by atoms with Crippen LogP contribution in [0.25, 0.3) is 21.5 Å². The fourth-order valence-corrected chi connectivity index (χ4v) is 5.38. The summed E-state index contributed by atoms with van der Waals surface area (Å²) in [6.45, 7) is 0. The molecule has 248 valence electrons. The molecule has 0 atom stereocenters. The van der Waals surface area contributed by atoms with Gasteiger partial charge in [0.25, 0.3) is 0 Å². The number of nitrogens with zero attached hydrogens (tertiary/aromatic N) is 8. The molecule has 0 saturated carbocycles. The maximum atomic E-state index is 4.65. The zero-order chi connectivity index (χ0) is 35.2. The van der Waals surface area contributed by atoms with Gasteiger partial charge in [0.05, 0.1) is 22.7 Å². The van der Waals surface area contributed by atoms with E-state index >= 15 is 0 Å². The Bertz CT molecular complexity index is 2140. The summed E-state index contributed by atoms with van der Waals surface area (Å²) < 4.78 is 0. The number of pyridine rings is 4. The van der Waals surface area contributed by atoms with Crippen LogP contribution in [0.1, 0.15) is 22.3 Å². The standard InChI is InChI=1S/2C22H16N4/c2*1-3-19-20(21(5-1)25-15-17-7-11-23-12-8-17)4-2-6-22(19)26-16-18-9-13-24-14-10-18/h2*1-16H. The first-order valence-corrected chi connectivity index (χ1v) is 16.6. The van der Waals surface area contributed by atoms with E-state index in [4.69, 9.17) is 0 Å². The number of hydrogen-bond donors (Lipinski definition) is 0. The molecule has 8 nitrogen and oxygen atoms in total.